The van der Waals surface area contributed by atoms with Crippen LogP contribution in [-0.4, -0.2) is 19.3 Å². The zero-order chi connectivity index (χ0) is 15.4. The number of aryl methyl sites for hydroxylation is 2. The number of aromatic amines is 1. The van der Waals surface area contributed by atoms with Gasteiger partial charge in [-0.1, -0.05) is 46.5 Å². The third-order valence-electron chi connectivity index (χ3n) is 4.29. The molecule has 5 heteroatoms. The largest absolute Gasteiger partial charge is 0.328 e. The second-order valence-electron chi connectivity index (χ2n) is 5.98. The lowest BCUT2D eigenvalue weighted by atomic mass is 9.99. The molecule has 0 bridgehead atoms. The van der Waals surface area contributed by atoms with Crippen molar-refractivity contribution in [1.29, 1.82) is 0 Å². The number of imidazole rings is 1. The third kappa shape index (κ3) is 3.39. The molecular weight excluding hydrogens is 280 g/mol. The Balaban J connectivity index is 2.35. The van der Waals surface area contributed by atoms with Gasteiger partial charge in [0.2, 0.25) is 0 Å². The number of hydrogen-bond donors (Lipinski definition) is 1. The van der Waals surface area contributed by atoms with Crippen molar-refractivity contribution in [2.24, 2.45) is 13.0 Å². The second kappa shape index (κ2) is 7.25. The van der Waals surface area contributed by atoms with Crippen LogP contribution in [0.4, 0.5) is 0 Å². The number of H-pyrrole nitrogens is 1. The zero-order valence-electron chi connectivity index (χ0n) is 13.8. The number of fused-ring (bicyclic) bond motifs is 1. The maximum atomic E-state index is 5.56. The van der Waals surface area contributed by atoms with E-state index in [4.69, 9.17) is 12.2 Å². The maximum Gasteiger partial charge on any atom is 0.179 e. The first-order chi connectivity index (χ1) is 10.1. The highest BCUT2D eigenvalue weighted by Gasteiger charge is 2.17. The van der Waals surface area contributed by atoms with Gasteiger partial charge in [0.1, 0.15) is 5.52 Å². The van der Waals surface area contributed by atoms with Gasteiger partial charge in [-0.05, 0) is 31.0 Å². The number of unbranched alkanes of at least 4 members (excludes halogenated alkanes) is 1. The molecule has 2 heterocycles. The monoisotopic (exact) mass is 308 g/mol. The molecule has 118 valence electrons. The summed E-state index contributed by atoms with van der Waals surface area (Å²) in [5, 5.41) is 4.65. The molecule has 0 saturated carbocycles. The highest BCUT2D eigenvalue weighted by molar-refractivity contribution is 7.71. The van der Waals surface area contributed by atoms with Crippen molar-refractivity contribution < 1.29 is 0 Å². The number of nitrogens with zero attached hydrogens (tertiary/aromatic N) is 3. The number of aromatic nitrogens is 4. The molecule has 2 rings (SSSR count). The molecular formula is C16H28N4S. The number of nitrogens with one attached hydrogen (secondary N) is 1. The molecule has 0 amide bonds. The SMILES string of the molecule is CCCCC(CC)Cn1c(=S)[nH]c2c(CCC)nn(C)c21. The van der Waals surface area contributed by atoms with Crippen molar-refractivity contribution in [2.45, 2.75) is 65.8 Å². The molecule has 0 saturated heterocycles. The summed E-state index contributed by atoms with van der Waals surface area (Å²) in [6.45, 7) is 7.72. The minimum Gasteiger partial charge on any atom is -0.328 e. The van der Waals surface area contributed by atoms with Gasteiger partial charge < -0.3 is 9.55 Å². The van der Waals surface area contributed by atoms with E-state index in [-0.39, 0.29) is 0 Å². The van der Waals surface area contributed by atoms with E-state index >= 15 is 0 Å². The van der Waals surface area contributed by atoms with Crippen LogP contribution in [0.25, 0.3) is 11.2 Å². The van der Waals surface area contributed by atoms with Crippen molar-refractivity contribution in [3.8, 4) is 0 Å². The van der Waals surface area contributed by atoms with Gasteiger partial charge in [-0.15, -0.1) is 0 Å². The molecule has 0 aliphatic rings. The Bertz CT molecular complexity index is 635. The van der Waals surface area contributed by atoms with Crippen LogP contribution in [0, 0.1) is 10.7 Å². The van der Waals surface area contributed by atoms with Crippen LogP contribution in [0.3, 0.4) is 0 Å². The fourth-order valence-electron chi connectivity index (χ4n) is 3.03. The molecule has 0 radical (unpaired) electrons. The van der Waals surface area contributed by atoms with E-state index in [1.807, 2.05) is 11.7 Å². The Morgan fingerprint density at radius 3 is 2.62 bits per heavy atom. The van der Waals surface area contributed by atoms with Crippen LogP contribution in [0.5, 0.6) is 0 Å². The minimum atomic E-state index is 0.695. The van der Waals surface area contributed by atoms with Gasteiger partial charge >= 0.3 is 0 Å². The second-order valence-corrected chi connectivity index (χ2v) is 6.36. The van der Waals surface area contributed by atoms with E-state index in [1.165, 1.54) is 25.7 Å². The van der Waals surface area contributed by atoms with Crippen molar-refractivity contribution in [2.75, 3.05) is 0 Å². The van der Waals surface area contributed by atoms with Crippen molar-refractivity contribution in [3.63, 3.8) is 0 Å². The van der Waals surface area contributed by atoms with Gasteiger partial charge in [-0.3, -0.25) is 4.68 Å². The lowest BCUT2D eigenvalue weighted by molar-refractivity contribution is 0.391. The van der Waals surface area contributed by atoms with Crippen LogP contribution in [0.15, 0.2) is 0 Å². The van der Waals surface area contributed by atoms with Crippen molar-refractivity contribution >= 4 is 23.4 Å². The molecule has 1 N–H and O–H groups in total. The van der Waals surface area contributed by atoms with Gasteiger partial charge in [-0.25, -0.2) is 0 Å². The Kier molecular flexibility index (Phi) is 5.62. The third-order valence-corrected chi connectivity index (χ3v) is 4.62. The number of hydrogen-bond acceptors (Lipinski definition) is 2. The normalized spacial score (nSPS) is 13.1. The summed E-state index contributed by atoms with van der Waals surface area (Å²) < 4.78 is 5.07. The maximum absolute atomic E-state index is 5.56. The summed E-state index contributed by atoms with van der Waals surface area (Å²) in [5.74, 6) is 0.695. The van der Waals surface area contributed by atoms with E-state index < -0.39 is 0 Å². The summed E-state index contributed by atoms with van der Waals surface area (Å²) >= 11 is 5.56. The zero-order valence-corrected chi connectivity index (χ0v) is 14.6. The number of rotatable bonds is 8. The quantitative estimate of drug-likeness (QED) is 0.724. The average molecular weight is 308 g/mol. The van der Waals surface area contributed by atoms with Gasteiger partial charge in [0, 0.05) is 13.6 Å². The smallest absolute Gasteiger partial charge is 0.179 e. The Morgan fingerprint density at radius 2 is 2.00 bits per heavy atom. The van der Waals surface area contributed by atoms with E-state index in [9.17, 15) is 0 Å². The standard InChI is InChI=1S/C16H28N4S/c1-5-8-10-12(7-3)11-20-15-14(17-16(20)21)13(9-6-2)18-19(15)4/h12H,5-11H2,1-4H3,(H,17,21). The summed E-state index contributed by atoms with van der Waals surface area (Å²) in [4.78, 5) is 3.38. The molecule has 1 atom stereocenters. The molecule has 0 aliphatic heterocycles. The first-order valence-electron chi connectivity index (χ1n) is 8.26. The van der Waals surface area contributed by atoms with Gasteiger partial charge in [0.25, 0.3) is 0 Å². The van der Waals surface area contributed by atoms with Gasteiger partial charge in [0.15, 0.2) is 10.4 Å². The van der Waals surface area contributed by atoms with E-state index in [2.05, 4.69) is 35.4 Å². The van der Waals surface area contributed by atoms with Crippen LogP contribution in [0.1, 0.15) is 58.6 Å². The minimum absolute atomic E-state index is 0.695. The van der Waals surface area contributed by atoms with E-state index in [0.717, 1.165) is 41.0 Å². The molecule has 21 heavy (non-hydrogen) atoms. The predicted octanol–water partition coefficient (Wildman–Crippen LogP) is 4.60. The first kappa shape index (κ1) is 16.3. The molecule has 1 unspecified atom stereocenters. The molecule has 2 aromatic rings. The van der Waals surface area contributed by atoms with Crippen molar-refractivity contribution in [1.82, 2.24) is 19.3 Å². The molecule has 0 spiro atoms. The molecule has 4 nitrogen and oxygen atoms in total. The highest BCUT2D eigenvalue weighted by Crippen LogP contribution is 2.22. The van der Waals surface area contributed by atoms with Crippen molar-refractivity contribution in [3.05, 3.63) is 10.5 Å². The summed E-state index contributed by atoms with van der Waals surface area (Å²) in [6.07, 6.45) is 7.14. The van der Waals surface area contributed by atoms with Crippen LogP contribution >= 0.6 is 12.2 Å². The van der Waals surface area contributed by atoms with Gasteiger partial charge in [0.05, 0.1) is 5.69 Å². The van der Waals surface area contributed by atoms with Crippen LogP contribution in [0.2, 0.25) is 0 Å². The molecule has 0 aromatic carbocycles. The predicted molar refractivity (Wildman–Crippen MR) is 91.2 cm³/mol. The lowest BCUT2D eigenvalue weighted by Crippen LogP contribution is -2.12. The van der Waals surface area contributed by atoms with Gasteiger partial charge in [-0.2, -0.15) is 5.10 Å². The summed E-state index contributed by atoms with van der Waals surface area (Å²) in [5.41, 5.74) is 3.43. The highest BCUT2D eigenvalue weighted by atomic mass is 32.1. The van der Waals surface area contributed by atoms with E-state index in [1.54, 1.807) is 0 Å². The Hall–Kier alpha value is -1.10. The first-order valence-corrected chi connectivity index (χ1v) is 8.67. The molecule has 0 fully saturated rings. The summed E-state index contributed by atoms with van der Waals surface area (Å²) in [6, 6.07) is 0. The summed E-state index contributed by atoms with van der Waals surface area (Å²) in [7, 11) is 2.02. The molecule has 0 aliphatic carbocycles. The Labute approximate surface area is 132 Å². The topological polar surface area (TPSA) is 38.5 Å². The van der Waals surface area contributed by atoms with Crippen LogP contribution in [-0.2, 0) is 20.0 Å². The average Bonchev–Trinajstić information content (AvgIpc) is 2.94. The van der Waals surface area contributed by atoms with E-state index in [0.29, 0.717) is 5.92 Å². The fourth-order valence-corrected chi connectivity index (χ4v) is 3.30. The fraction of sp³-hybridized carbons (Fsp3) is 0.750. The molecule has 2 aromatic heterocycles. The Morgan fingerprint density at radius 1 is 1.24 bits per heavy atom. The lowest BCUT2D eigenvalue weighted by Gasteiger charge is -2.15. The van der Waals surface area contributed by atoms with Crippen LogP contribution < -0.4 is 0 Å².